The highest BCUT2D eigenvalue weighted by molar-refractivity contribution is 5.98. The van der Waals surface area contributed by atoms with Crippen LogP contribution in [0, 0.1) is 5.92 Å². The molecule has 0 radical (unpaired) electrons. The summed E-state index contributed by atoms with van der Waals surface area (Å²) in [5, 5.41) is 21.5. The minimum Gasteiger partial charge on any atom is -0.506 e. The van der Waals surface area contributed by atoms with Crippen LogP contribution in [0.2, 0.25) is 0 Å². The van der Waals surface area contributed by atoms with E-state index < -0.39 is 0 Å². The molecule has 0 aromatic carbocycles. The molecule has 22 heavy (non-hydrogen) atoms. The number of aromatic nitrogens is 4. The summed E-state index contributed by atoms with van der Waals surface area (Å²) in [6.07, 6.45) is 8.81. The Kier molecular flexibility index (Phi) is 2.69. The van der Waals surface area contributed by atoms with Gasteiger partial charge in [0.2, 0.25) is 5.91 Å². The van der Waals surface area contributed by atoms with Crippen molar-refractivity contribution in [3.05, 3.63) is 30.9 Å². The topological polar surface area (TPSA) is 84.5 Å². The maximum Gasteiger partial charge on any atom is 0.227 e. The molecule has 0 saturated heterocycles. The minimum atomic E-state index is -0.00867. The van der Waals surface area contributed by atoms with Crippen molar-refractivity contribution in [2.45, 2.75) is 12.8 Å². The van der Waals surface area contributed by atoms with E-state index in [9.17, 15) is 9.90 Å². The maximum absolute atomic E-state index is 11.9. The third-order valence-electron chi connectivity index (χ3n) is 3.84. The Morgan fingerprint density at radius 3 is 2.77 bits per heavy atom. The number of carbonyl (C=O) groups is 1. The fourth-order valence-electron chi connectivity index (χ4n) is 2.50. The molecule has 0 spiro atoms. The van der Waals surface area contributed by atoms with Gasteiger partial charge in [-0.05, 0) is 18.9 Å². The lowest BCUT2D eigenvalue weighted by molar-refractivity contribution is -0.117. The smallest absolute Gasteiger partial charge is 0.227 e. The summed E-state index contributed by atoms with van der Waals surface area (Å²) < 4.78 is 3.27. The third kappa shape index (κ3) is 2.11. The van der Waals surface area contributed by atoms with Crippen molar-refractivity contribution >= 4 is 17.1 Å². The molecule has 112 valence electrons. The number of hydrogen-bond acceptors (Lipinski definition) is 4. The lowest BCUT2D eigenvalue weighted by Crippen LogP contribution is -2.13. The van der Waals surface area contributed by atoms with Crippen LogP contribution in [0.15, 0.2) is 30.9 Å². The standard InChI is InChI=1S/C15H15N5O2/c1-19-7-11(5-16-19)10-4-13(21)14-12(6-17-20(14)8-10)18-15(22)9-2-3-9/h4-9,21H,2-3H2,1H3,(H,18,22). The number of aromatic hydroxyl groups is 1. The van der Waals surface area contributed by atoms with E-state index in [-0.39, 0.29) is 17.6 Å². The summed E-state index contributed by atoms with van der Waals surface area (Å²) in [4.78, 5) is 11.9. The number of aryl methyl sites for hydroxylation is 1. The zero-order valence-electron chi connectivity index (χ0n) is 12.0. The molecule has 7 nitrogen and oxygen atoms in total. The van der Waals surface area contributed by atoms with Crippen LogP contribution in [-0.4, -0.2) is 30.4 Å². The molecule has 0 unspecified atom stereocenters. The number of pyridine rings is 1. The van der Waals surface area contributed by atoms with E-state index in [1.54, 1.807) is 33.9 Å². The van der Waals surface area contributed by atoms with Crippen LogP contribution in [0.3, 0.4) is 0 Å². The van der Waals surface area contributed by atoms with E-state index in [0.29, 0.717) is 11.2 Å². The van der Waals surface area contributed by atoms with Crippen molar-refractivity contribution in [1.29, 1.82) is 0 Å². The molecule has 0 aliphatic heterocycles. The van der Waals surface area contributed by atoms with Gasteiger partial charge in [-0.2, -0.15) is 10.2 Å². The monoisotopic (exact) mass is 297 g/mol. The highest BCUT2D eigenvalue weighted by Crippen LogP contribution is 2.34. The summed E-state index contributed by atoms with van der Waals surface area (Å²) >= 11 is 0. The number of nitrogens with zero attached hydrogens (tertiary/aromatic N) is 4. The normalized spacial score (nSPS) is 14.4. The average molecular weight is 297 g/mol. The second-order valence-corrected chi connectivity index (χ2v) is 5.63. The van der Waals surface area contributed by atoms with Gasteiger partial charge in [0.05, 0.1) is 18.1 Å². The SMILES string of the molecule is Cn1cc(-c2cc(O)c3c(NC(=O)C4CC4)cnn3c2)cn1. The molecular weight excluding hydrogens is 282 g/mol. The largest absolute Gasteiger partial charge is 0.506 e. The average Bonchev–Trinajstić information content (AvgIpc) is 3.13. The molecule has 1 fully saturated rings. The van der Waals surface area contributed by atoms with E-state index in [0.717, 1.165) is 24.0 Å². The Labute approximate surface area is 126 Å². The quantitative estimate of drug-likeness (QED) is 0.772. The molecule has 1 saturated carbocycles. The van der Waals surface area contributed by atoms with Crippen molar-refractivity contribution in [1.82, 2.24) is 19.4 Å². The van der Waals surface area contributed by atoms with Crippen molar-refractivity contribution in [3.8, 4) is 16.9 Å². The fraction of sp³-hybridized carbons (Fsp3) is 0.267. The summed E-state index contributed by atoms with van der Waals surface area (Å²) in [5.74, 6) is 0.169. The van der Waals surface area contributed by atoms with Gasteiger partial charge >= 0.3 is 0 Å². The molecular formula is C15H15N5O2. The second kappa shape index (κ2) is 4.59. The van der Waals surface area contributed by atoms with E-state index >= 15 is 0 Å². The van der Waals surface area contributed by atoms with Crippen LogP contribution in [0.1, 0.15) is 12.8 Å². The fourth-order valence-corrected chi connectivity index (χ4v) is 2.50. The van der Waals surface area contributed by atoms with Crippen molar-refractivity contribution in [2.24, 2.45) is 13.0 Å². The highest BCUT2D eigenvalue weighted by Gasteiger charge is 2.30. The predicted octanol–water partition coefficient (Wildman–Crippen LogP) is 1.79. The zero-order valence-corrected chi connectivity index (χ0v) is 12.0. The molecule has 1 aliphatic rings. The number of rotatable bonds is 3. The summed E-state index contributed by atoms with van der Waals surface area (Å²) in [6, 6.07) is 1.65. The van der Waals surface area contributed by atoms with Crippen molar-refractivity contribution in [3.63, 3.8) is 0 Å². The van der Waals surface area contributed by atoms with Gasteiger partial charge < -0.3 is 10.4 Å². The number of nitrogens with one attached hydrogen (secondary N) is 1. The predicted molar refractivity (Wildman–Crippen MR) is 80.4 cm³/mol. The van der Waals surface area contributed by atoms with Crippen LogP contribution in [0.4, 0.5) is 5.69 Å². The second-order valence-electron chi connectivity index (χ2n) is 5.63. The van der Waals surface area contributed by atoms with E-state index in [4.69, 9.17) is 0 Å². The first kappa shape index (κ1) is 12.9. The molecule has 1 aliphatic carbocycles. The Bertz CT molecular complexity index is 875. The molecule has 1 amide bonds. The summed E-state index contributed by atoms with van der Waals surface area (Å²) in [5.41, 5.74) is 2.73. The van der Waals surface area contributed by atoms with Gasteiger partial charge in [0, 0.05) is 36.5 Å². The molecule has 3 aromatic heterocycles. The van der Waals surface area contributed by atoms with Gasteiger partial charge in [-0.1, -0.05) is 0 Å². The Hall–Kier alpha value is -2.83. The number of hydrogen-bond donors (Lipinski definition) is 2. The van der Waals surface area contributed by atoms with Crippen LogP contribution in [-0.2, 0) is 11.8 Å². The number of fused-ring (bicyclic) bond motifs is 1. The first-order valence-electron chi connectivity index (χ1n) is 7.12. The van der Waals surface area contributed by atoms with E-state index in [1.807, 2.05) is 13.2 Å². The first-order valence-corrected chi connectivity index (χ1v) is 7.12. The minimum absolute atomic E-state index is 0.00867. The molecule has 4 rings (SSSR count). The van der Waals surface area contributed by atoms with E-state index in [2.05, 4.69) is 15.5 Å². The van der Waals surface area contributed by atoms with Gasteiger partial charge in [-0.3, -0.25) is 9.48 Å². The molecule has 3 heterocycles. The van der Waals surface area contributed by atoms with Crippen LogP contribution in [0.5, 0.6) is 5.75 Å². The molecule has 0 bridgehead atoms. The molecule has 3 aromatic rings. The van der Waals surface area contributed by atoms with E-state index in [1.165, 1.54) is 0 Å². The zero-order chi connectivity index (χ0) is 15.3. The lowest BCUT2D eigenvalue weighted by Gasteiger charge is -2.05. The highest BCUT2D eigenvalue weighted by atomic mass is 16.3. The molecule has 2 N–H and O–H groups in total. The maximum atomic E-state index is 11.9. The third-order valence-corrected chi connectivity index (χ3v) is 3.84. The first-order chi connectivity index (χ1) is 10.6. The number of anilines is 1. The van der Waals surface area contributed by atoms with Crippen LogP contribution >= 0.6 is 0 Å². The Balaban J connectivity index is 1.75. The van der Waals surface area contributed by atoms with Crippen molar-refractivity contribution < 1.29 is 9.90 Å². The van der Waals surface area contributed by atoms with Crippen molar-refractivity contribution in [2.75, 3.05) is 5.32 Å². The molecule has 7 heteroatoms. The van der Waals surface area contributed by atoms with Crippen LogP contribution < -0.4 is 5.32 Å². The number of carbonyl (C=O) groups excluding carboxylic acids is 1. The molecule has 0 atom stereocenters. The van der Waals surface area contributed by atoms with Gasteiger partial charge in [0.25, 0.3) is 0 Å². The van der Waals surface area contributed by atoms with Crippen LogP contribution in [0.25, 0.3) is 16.6 Å². The number of amides is 1. The summed E-state index contributed by atoms with van der Waals surface area (Å²) in [6.45, 7) is 0. The van der Waals surface area contributed by atoms with Gasteiger partial charge in [0.15, 0.2) is 0 Å². The Morgan fingerprint density at radius 2 is 2.09 bits per heavy atom. The lowest BCUT2D eigenvalue weighted by atomic mass is 10.1. The summed E-state index contributed by atoms with van der Waals surface area (Å²) in [7, 11) is 1.83. The Morgan fingerprint density at radius 1 is 1.27 bits per heavy atom. The van der Waals surface area contributed by atoms with Gasteiger partial charge in [0.1, 0.15) is 11.3 Å². The van der Waals surface area contributed by atoms with Gasteiger partial charge in [-0.15, -0.1) is 0 Å². The van der Waals surface area contributed by atoms with Gasteiger partial charge in [-0.25, -0.2) is 4.52 Å².